The molecule has 356 valence electrons. The normalized spacial score (nSPS) is 12.9. The number of aliphatic hydroxyl groups is 2. The zero-order valence-electron chi connectivity index (χ0n) is 41.0. The van der Waals surface area contributed by atoms with E-state index >= 15 is 0 Å². The number of carbonyl (C=O) groups is 1. The highest BCUT2D eigenvalue weighted by molar-refractivity contribution is 5.76. The molecule has 4 heteroatoms. The van der Waals surface area contributed by atoms with Crippen molar-refractivity contribution in [2.24, 2.45) is 0 Å². The van der Waals surface area contributed by atoms with Crippen LogP contribution in [0.4, 0.5) is 0 Å². The lowest BCUT2D eigenvalue weighted by molar-refractivity contribution is -0.123. The van der Waals surface area contributed by atoms with E-state index < -0.39 is 12.1 Å². The standard InChI is InChI=1S/C56H109NO3/c1-3-5-7-9-11-13-15-17-19-21-22-23-24-25-26-27-28-29-30-31-32-33-34-36-37-39-41-43-45-47-49-51-55(59)54(53-58)57-56(60)52-50-48-46-44-42-40-38-35-20-18-16-14-12-10-8-6-4-2/h41,43,49,51,54-55,58-59H,3-40,42,44-48,50,52-53H2,1-2H3,(H,57,60)/b43-41+,51-49+. The molecular weight excluding hydrogens is 735 g/mol. The molecule has 0 aliphatic heterocycles. The number of hydrogen-bond donors (Lipinski definition) is 3. The largest absolute Gasteiger partial charge is 0.394 e. The second-order valence-electron chi connectivity index (χ2n) is 19.0. The second-order valence-corrected chi connectivity index (χ2v) is 19.0. The molecule has 4 nitrogen and oxygen atoms in total. The van der Waals surface area contributed by atoms with Gasteiger partial charge in [-0.3, -0.25) is 4.79 Å². The molecule has 0 fully saturated rings. The first-order chi connectivity index (χ1) is 29.7. The molecule has 0 aliphatic rings. The number of hydrogen-bond acceptors (Lipinski definition) is 3. The summed E-state index contributed by atoms with van der Waals surface area (Å²) >= 11 is 0. The van der Waals surface area contributed by atoms with Crippen LogP contribution in [0.25, 0.3) is 0 Å². The van der Waals surface area contributed by atoms with Crippen LogP contribution in [0.3, 0.4) is 0 Å². The zero-order chi connectivity index (χ0) is 43.5. The number of aliphatic hydroxyl groups excluding tert-OH is 2. The van der Waals surface area contributed by atoms with Crippen LogP contribution in [-0.2, 0) is 4.79 Å². The maximum Gasteiger partial charge on any atom is 0.220 e. The van der Waals surface area contributed by atoms with Crippen molar-refractivity contribution in [1.29, 1.82) is 0 Å². The Hall–Kier alpha value is -1.13. The molecule has 0 aromatic rings. The van der Waals surface area contributed by atoms with Gasteiger partial charge in [-0.2, -0.15) is 0 Å². The Labute approximate surface area is 377 Å². The van der Waals surface area contributed by atoms with Gasteiger partial charge in [0.1, 0.15) is 0 Å². The summed E-state index contributed by atoms with van der Waals surface area (Å²) in [5.74, 6) is -0.0683. The lowest BCUT2D eigenvalue weighted by Crippen LogP contribution is -2.45. The van der Waals surface area contributed by atoms with E-state index in [1.165, 1.54) is 257 Å². The molecule has 3 N–H and O–H groups in total. The lowest BCUT2D eigenvalue weighted by Gasteiger charge is -2.19. The minimum Gasteiger partial charge on any atom is -0.394 e. The Bertz CT molecular complexity index is 871. The van der Waals surface area contributed by atoms with Crippen LogP contribution < -0.4 is 5.32 Å². The van der Waals surface area contributed by atoms with E-state index in [9.17, 15) is 15.0 Å². The van der Waals surface area contributed by atoms with Crippen molar-refractivity contribution in [3.63, 3.8) is 0 Å². The van der Waals surface area contributed by atoms with Crippen molar-refractivity contribution in [3.8, 4) is 0 Å². The molecule has 0 spiro atoms. The molecule has 60 heavy (non-hydrogen) atoms. The molecular formula is C56H109NO3. The second kappa shape index (κ2) is 52.2. The summed E-state index contributed by atoms with van der Waals surface area (Å²) in [7, 11) is 0. The number of allylic oxidation sites excluding steroid dienone is 3. The molecule has 2 unspecified atom stereocenters. The average molecular weight is 844 g/mol. The Morgan fingerprint density at radius 1 is 0.383 bits per heavy atom. The van der Waals surface area contributed by atoms with E-state index in [4.69, 9.17) is 0 Å². The summed E-state index contributed by atoms with van der Waals surface area (Å²) in [6.45, 7) is 4.33. The first kappa shape index (κ1) is 58.9. The van der Waals surface area contributed by atoms with E-state index in [1.54, 1.807) is 6.08 Å². The molecule has 0 radical (unpaired) electrons. The minimum absolute atomic E-state index is 0.0683. The Balaban J connectivity index is 3.48. The van der Waals surface area contributed by atoms with Crippen LogP contribution in [0, 0.1) is 0 Å². The predicted octanol–water partition coefficient (Wildman–Crippen LogP) is 17.9. The summed E-state index contributed by atoms with van der Waals surface area (Å²) in [4.78, 5) is 12.4. The van der Waals surface area contributed by atoms with Crippen molar-refractivity contribution < 1.29 is 15.0 Å². The van der Waals surface area contributed by atoms with E-state index in [2.05, 4.69) is 31.3 Å². The summed E-state index contributed by atoms with van der Waals surface area (Å²) < 4.78 is 0. The van der Waals surface area contributed by atoms with Gasteiger partial charge in [0.25, 0.3) is 0 Å². The SMILES string of the molecule is CCCCCCCCCCCCCCCCCCCCCCCCCCC/C=C/CC/C=C/C(O)C(CO)NC(=O)CCCCCCCCCCCCCCCCCCC. The number of unbranched alkanes of at least 4 members (excludes halogenated alkanes) is 42. The number of carbonyl (C=O) groups excluding carboxylic acids is 1. The third-order valence-electron chi connectivity index (χ3n) is 12.9. The maximum atomic E-state index is 12.4. The van der Waals surface area contributed by atoms with Gasteiger partial charge in [-0.05, 0) is 32.1 Å². The van der Waals surface area contributed by atoms with Gasteiger partial charge in [0, 0.05) is 6.42 Å². The Kier molecular flexibility index (Phi) is 51.2. The van der Waals surface area contributed by atoms with E-state index in [1.807, 2.05) is 6.08 Å². The highest BCUT2D eigenvalue weighted by Gasteiger charge is 2.18. The van der Waals surface area contributed by atoms with Gasteiger partial charge < -0.3 is 15.5 Å². The van der Waals surface area contributed by atoms with Crippen LogP contribution in [0.1, 0.15) is 309 Å². The monoisotopic (exact) mass is 844 g/mol. The fourth-order valence-corrected chi connectivity index (χ4v) is 8.73. The van der Waals surface area contributed by atoms with Crippen LogP contribution in [0.5, 0.6) is 0 Å². The summed E-state index contributed by atoms with van der Waals surface area (Å²) in [6, 6.07) is -0.636. The molecule has 0 bridgehead atoms. The van der Waals surface area contributed by atoms with Crippen molar-refractivity contribution in [3.05, 3.63) is 24.3 Å². The van der Waals surface area contributed by atoms with Gasteiger partial charge in [0.15, 0.2) is 0 Å². The van der Waals surface area contributed by atoms with E-state index in [-0.39, 0.29) is 12.5 Å². The topological polar surface area (TPSA) is 69.6 Å². The van der Waals surface area contributed by atoms with Crippen LogP contribution in [-0.4, -0.2) is 34.9 Å². The lowest BCUT2D eigenvalue weighted by atomic mass is 10.0. The van der Waals surface area contributed by atoms with Gasteiger partial charge in [0.2, 0.25) is 5.91 Å². The molecule has 0 rings (SSSR count). The summed E-state index contributed by atoms with van der Waals surface area (Å²) in [6.07, 6.45) is 69.2. The van der Waals surface area contributed by atoms with Crippen molar-refractivity contribution >= 4 is 5.91 Å². The molecule has 0 aromatic heterocycles. The van der Waals surface area contributed by atoms with Crippen molar-refractivity contribution in [2.45, 2.75) is 321 Å². The molecule has 0 heterocycles. The molecule has 0 saturated carbocycles. The maximum absolute atomic E-state index is 12.4. The van der Waals surface area contributed by atoms with E-state index in [0.29, 0.717) is 6.42 Å². The quantitative estimate of drug-likeness (QED) is 0.0422. The predicted molar refractivity (Wildman–Crippen MR) is 267 cm³/mol. The van der Waals surface area contributed by atoms with Gasteiger partial charge in [0.05, 0.1) is 18.8 Å². The highest BCUT2D eigenvalue weighted by atomic mass is 16.3. The van der Waals surface area contributed by atoms with Gasteiger partial charge in [-0.25, -0.2) is 0 Å². The van der Waals surface area contributed by atoms with Crippen molar-refractivity contribution in [1.82, 2.24) is 5.32 Å². The van der Waals surface area contributed by atoms with Crippen LogP contribution in [0.15, 0.2) is 24.3 Å². The summed E-state index contributed by atoms with van der Waals surface area (Å²) in [5.41, 5.74) is 0. The molecule has 2 atom stereocenters. The molecule has 0 aromatic carbocycles. The number of nitrogens with one attached hydrogen (secondary N) is 1. The first-order valence-corrected chi connectivity index (χ1v) is 27.6. The minimum atomic E-state index is -0.859. The van der Waals surface area contributed by atoms with Gasteiger partial charge in [-0.15, -0.1) is 0 Å². The Morgan fingerprint density at radius 2 is 0.650 bits per heavy atom. The first-order valence-electron chi connectivity index (χ1n) is 27.6. The van der Waals surface area contributed by atoms with Crippen LogP contribution >= 0.6 is 0 Å². The van der Waals surface area contributed by atoms with Crippen LogP contribution in [0.2, 0.25) is 0 Å². The summed E-state index contributed by atoms with van der Waals surface area (Å²) in [5, 5.41) is 23.1. The zero-order valence-corrected chi connectivity index (χ0v) is 41.0. The van der Waals surface area contributed by atoms with Gasteiger partial charge >= 0.3 is 0 Å². The van der Waals surface area contributed by atoms with Gasteiger partial charge in [-0.1, -0.05) is 295 Å². The van der Waals surface area contributed by atoms with E-state index in [0.717, 1.165) is 32.1 Å². The number of rotatable bonds is 51. The fraction of sp³-hybridized carbons (Fsp3) is 0.911. The molecule has 0 aliphatic carbocycles. The van der Waals surface area contributed by atoms with Crippen molar-refractivity contribution in [2.75, 3.05) is 6.61 Å². The Morgan fingerprint density at radius 3 is 0.967 bits per heavy atom. The smallest absolute Gasteiger partial charge is 0.220 e. The molecule has 1 amide bonds. The highest BCUT2D eigenvalue weighted by Crippen LogP contribution is 2.17. The average Bonchev–Trinajstić information content (AvgIpc) is 3.25. The fourth-order valence-electron chi connectivity index (χ4n) is 8.73. The number of amides is 1. The third kappa shape index (κ3) is 47.9. The third-order valence-corrected chi connectivity index (χ3v) is 12.9. The molecule has 0 saturated heterocycles.